The Morgan fingerprint density at radius 3 is 2.55 bits per heavy atom. The van der Waals surface area contributed by atoms with Crippen LogP contribution >= 0.6 is 15.9 Å². The predicted octanol–water partition coefficient (Wildman–Crippen LogP) is 3.25. The van der Waals surface area contributed by atoms with Crippen molar-refractivity contribution >= 4 is 27.7 Å². The van der Waals surface area contributed by atoms with Crippen LogP contribution in [0.15, 0.2) is 22.7 Å². The standard InChI is InChI=1S/C16H23BrN2O3/c1-3-4-5-6-7-15(20)18-19-16(21)11-22-14-9-8-12(2)10-13(14)17/h8-10H,3-7,11H2,1-2H3,(H,18,20)(H,19,21). The summed E-state index contributed by atoms with van der Waals surface area (Å²) in [6.07, 6.45) is 4.54. The second-order valence-electron chi connectivity index (χ2n) is 5.13. The minimum absolute atomic E-state index is 0.155. The number of carbonyl (C=O) groups excluding carboxylic acids is 2. The summed E-state index contributed by atoms with van der Waals surface area (Å²) >= 11 is 3.37. The Hall–Kier alpha value is -1.56. The molecular weight excluding hydrogens is 348 g/mol. The van der Waals surface area contributed by atoms with Gasteiger partial charge < -0.3 is 4.74 Å². The number of hydrogen-bond acceptors (Lipinski definition) is 3. The van der Waals surface area contributed by atoms with E-state index in [9.17, 15) is 9.59 Å². The van der Waals surface area contributed by atoms with Crippen molar-refractivity contribution in [1.29, 1.82) is 0 Å². The SMILES string of the molecule is CCCCCCC(=O)NNC(=O)COc1ccc(C)cc1Br. The number of ether oxygens (including phenoxy) is 1. The van der Waals surface area contributed by atoms with Gasteiger partial charge in [-0.25, -0.2) is 0 Å². The molecule has 0 aliphatic heterocycles. The Morgan fingerprint density at radius 1 is 1.14 bits per heavy atom. The number of nitrogens with one attached hydrogen (secondary N) is 2. The van der Waals surface area contributed by atoms with E-state index in [4.69, 9.17) is 4.74 Å². The van der Waals surface area contributed by atoms with E-state index in [1.807, 2.05) is 19.1 Å². The lowest BCUT2D eigenvalue weighted by atomic mass is 10.1. The van der Waals surface area contributed by atoms with Crippen molar-refractivity contribution in [1.82, 2.24) is 10.9 Å². The minimum Gasteiger partial charge on any atom is -0.483 e. The van der Waals surface area contributed by atoms with Crippen molar-refractivity contribution in [3.63, 3.8) is 0 Å². The predicted molar refractivity (Wildman–Crippen MR) is 89.4 cm³/mol. The Kier molecular flexibility index (Phi) is 8.58. The Bertz CT molecular complexity index is 506. The number of hydrazine groups is 1. The molecule has 2 amide bonds. The van der Waals surface area contributed by atoms with E-state index in [0.29, 0.717) is 12.2 Å². The second kappa shape index (κ2) is 10.2. The van der Waals surface area contributed by atoms with Crippen molar-refractivity contribution in [3.8, 4) is 5.75 Å². The molecule has 0 spiro atoms. The molecule has 6 heteroatoms. The number of hydrogen-bond donors (Lipinski definition) is 2. The van der Waals surface area contributed by atoms with Gasteiger partial charge in [-0.05, 0) is 47.0 Å². The molecule has 0 radical (unpaired) electrons. The zero-order valence-corrected chi connectivity index (χ0v) is 14.7. The average molecular weight is 371 g/mol. The summed E-state index contributed by atoms with van der Waals surface area (Å²) in [4.78, 5) is 23.1. The zero-order chi connectivity index (χ0) is 16.4. The maximum Gasteiger partial charge on any atom is 0.276 e. The van der Waals surface area contributed by atoms with E-state index < -0.39 is 5.91 Å². The zero-order valence-electron chi connectivity index (χ0n) is 13.1. The fraction of sp³-hybridized carbons (Fsp3) is 0.500. The molecule has 0 fully saturated rings. The van der Waals surface area contributed by atoms with Crippen LogP contribution in [0.1, 0.15) is 44.6 Å². The molecule has 0 saturated carbocycles. The number of rotatable bonds is 8. The van der Waals surface area contributed by atoms with E-state index in [2.05, 4.69) is 33.7 Å². The number of carbonyl (C=O) groups is 2. The van der Waals surface area contributed by atoms with Gasteiger partial charge in [-0.3, -0.25) is 20.4 Å². The topological polar surface area (TPSA) is 67.4 Å². The van der Waals surface area contributed by atoms with Crippen molar-refractivity contribution < 1.29 is 14.3 Å². The highest BCUT2D eigenvalue weighted by Gasteiger charge is 2.07. The molecule has 1 aromatic carbocycles. The van der Waals surface area contributed by atoms with Crippen LogP contribution in [0.4, 0.5) is 0 Å². The normalized spacial score (nSPS) is 10.1. The number of halogens is 1. The Balaban J connectivity index is 2.22. The summed E-state index contributed by atoms with van der Waals surface area (Å²) in [6.45, 7) is 3.93. The maximum absolute atomic E-state index is 11.6. The number of benzene rings is 1. The van der Waals surface area contributed by atoms with Crippen LogP contribution in [0.2, 0.25) is 0 Å². The molecule has 0 unspecified atom stereocenters. The van der Waals surface area contributed by atoms with Crippen LogP contribution in [-0.4, -0.2) is 18.4 Å². The van der Waals surface area contributed by atoms with Crippen molar-refractivity contribution in [2.75, 3.05) is 6.61 Å². The number of aryl methyl sites for hydroxylation is 1. The molecular formula is C16H23BrN2O3. The van der Waals surface area contributed by atoms with Gasteiger partial charge in [0.25, 0.3) is 5.91 Å². The lowest BCUT2D eigenvalue weighted by Gasteiger charge is -2.10. The first-order valence-corrected chi connectivity index (χ1v) is 8.29. The van der Waals surface area contributed by atoms with Gasteiger partial charge in [-0.15, -0.1) is 0 Å². The monoisotopic (exact) mass is 370 g/mol. The van der Waals surface area contributed by atoms with E-state index in [0.717, 1.165) is 35.7 Å². The first-order chi connectivity index (χ1) is 10.5. The summed E-state index contributed by atoms with van der Waals surface area (Å²) in [5.74, 6) is 0.0157. The third-order valence-corrected chi connectivity index (χ3v) is 3.66. The molecule has 0 aliphatic carbocycles. The molecule has 5 nitrogen and oxygen atoms in total. The van der Waals surface area contributed by atoms with Crippen LogP contribution < -0.4 is 15.6 Å². The largest absolute Gasteiger partial charge is 0.483 e. The molecule has 22 heavy (non-hydrogen) atoms. The molecule has 0 saturated heterocycles. The summed E-state index contributed by atoms with van der Waals surface area (Å²) in [5.41, 5.74) is 5.83. The molecule has 0 aromatic heterocycles. The second-order valence-corrected chi connectivity index (χ2v) is 5.98. The van der Waals surface area contributed by atoms with Crippen LogP contribution in [0.5, 0.6) is 5.75 Å². The maximum atomic E-state index is 11.6. The molecule has 122 valence electrons. The molecule has 0 aliphatic rings. The van der Waals surface area contributed by atoms with Crippen LogP contribution in [0.3, 0.4) is 0 Å². The molecule has 2 N–H and O–H groups in total. The van der Waals surface area contributed by atoms with Gasteiger partial charge >= 0.3 is 0 Å². The summed E-state index contributed by atoms with van der Waals surface area (Å²) in [6, 6.07) is 5.60. The van der Waals surface area contributed by atoms with Crippen LogP contribution in [0, 0.1) is 6.92 Å². The van der Waals surface area contributed by atoms with Crippen molar-refractivity contribution in [3.05, 3.63) is 28.2 Å². The molecule has 0 heterocycles. The van der Waals surface area contributed by atoms with Gasteiger partial charge in [0, 0.05) is 6.42 Å². The summed E-state index contributed by atoms with van der Waals surface area (Å²) in [5, 5.41) is 0. The Morgan fingerprint density at radius 2 is 1.86 bits per heavy atom. The fourth-order valence-corrected chi connectivity index (χ4v) is 2.42. The van der Waals surface area contributed by atoms with Gasteiger partial charge in [0.15, 0.2) is 6.61 Å². The smallest absolute Gasteiger partial charge is 0.276 e. The van der Waals surface area contributed by atoms with Crippen molar-refractivity contribution in [2.45, 2.75) is 46.0 Å². The lowest BCUT2D eigenvalue weighted by Crippen LogP contribution is -2.43. The number of unbranched alkanes of at least 4 members (excludes halogenated alkanes) is 3. The number of amides is 2. The molecule has 1 rings (SSSR count). The third kappa shape index (κ3) is 7.45. The van der Waals surface area contributed by atoms with E-state index >= 15 is 0 Å². The summed E-state index contributed by atoms with van der Waals surface area (Å²) in [7, 11) is 0. The van der Waals surface area contributed by atoms with Gasteiger partial charge in [0.1, 0.15) is 5.75 Å². The van der Waals surface area contributed by atoms with Gasteiger partial charge in [0.05, 0.1) is 4.47 Å². The fourth-order valence-electron chi connectivity index (χ4n) is 1.82. The third-order valence-electron chi connectivity index (χ3n) is 3.04. The highest BCUT2D eigenvalue weighted by atomic mass is 79.9. The van der Waals surface area contributed by atoms with Crippen LogP contribution in [0.25, 0.3) is 0 Å². The molecule has 0 bridgehead atoms. The average Bonchev–Trinajstić information content (AvgIpc) is 2.48. The first-order valence-electron chi connectivity index (χ1n) is 7.49. The van der Waals surface area contributed by atoms with Crippen molar-refractivity contribution in [2.24, 2.45) is 0 Å². The van der Waals surface area contributed by atoms with Crippen LogP contribution in [-0.2, 0) is 9.59 Å². The minimum atomic E-state index is -0.394. The lowest BCUT2D eigenvalue weighted by molar-refractivity contribution is -0.130. The highest BCUT2D eigenvalue weighted by Crippen LogP contribution is 2.25. The van der Waals surface area contributed by atoms with E-state index in [1.165, 1.54) is 0 Å². The van der Waals surface area contributed by atoms with Gasteiger partial charge in [-0.2, -0.15) is 0 Å². The molecule has 0 atom stereocenters. The Labute approximate surface area is 139 Å². The van der Waals surface area contributed by atoms with Gasteiger partial charge in [-0.1, -0.05) is 32.3 Å². The van der Waals surface area contributed by atoms with E-state index in [-0.39, 0.29) is 12.5 Å². The summed E-state index contributed by atoms with van der Waals surface area (Å²) < 4.78 is 6.18. The highest BCUT2D eigenvalue weighted by molar-refractivity contribution is 9.10. The molecule has 1 aromatic rings. The van der Waals surface area contributed by atoms with E-state index in [1.54, 1.807) is 6.07 Å². The first kappa shape index (κ1) is 18.5. The quantitative estimate of drug-likeness (QED) is 0.545. The van der Waals surface area contributed by atoms with Gasteiger partial charge in [0.2, 0.25) is 5.91 Å².